The molecule has 0 radical (unpaired) electrons. The average Bonchev–Trinajstić information content (AvgIpc) is 2.69. The molecule has 17 heavy (non-hydrogen) atoms. The van der Waals surface area contributed by atoms with E-state index >= 15 is 0 Å². The molecule has 0 amide bonds. The van der Waals surface area contributed by atoms with Crippen molar-refractivity contribution in [3.63, 3.8) is 0 Å². The molecule has 2 aromatic rings. The van der Waals surface area contributed by atoms with Crippen molar-refractivity contribution in [2.45, 2.75) is 16.9 Å². The van der Waals surface area contributed by atoms with Crippen molar-refractivity contribution >= 4 is 37.1 Å². The molecule has 6 heteroatoms. The van der Waals surface area contributed by atoms with E-state index in [0.29, 0.717) is 9.90 Å². The van der Waals surface area contributed by atoms with Gasteiger partial charge >= 0.3 is 0 Å². The Bertz CT molecular complexity index is 617. The zero-order valence-electron chi connectivity index (χ0n) is 9.05. The molecule has 0 bridgehead atoms. The molecule has 3 nitrogen and oxygen atoms in total. The van der Waals surface area contributed by atoms with Crippen molar-refractivity contribution in [2.24, 2.45) is 0 Å². The van der Waals surface area contributed by atoms with E-state index < -0.39 is 9.84 Å². The minimum absolute atomic E-state index is 0.0553. The maximum atomic E-state index is 12.1. The van der Waals surface area contributed by atoms with Crippen LogP contribution in [0.25, 0.3) is 0 Å². The lowest BCUT2D eigenvalue weighted by atomic mass is 10.4. The standard InChI is InChI=1S/C11H10BrNO2S2/c1-8-2-5-11(16-8)17(14,15)7-10-4-3-9(12)6-13-10/h2-6H,7H2,1H3. The van der Waals surface area contributed by atoms with Crippen LogP contribution in [0.15, 0.2) is 39.1 Å². The second-order valence-electron chi connectivity index (χ2n) is 3.59. The molecule has 0 fully saturated rings. The van der Waals surface area contributed by atoms with Gasteiger partial charge in [0, 0.05) is 15.5 Å². The lowest BCUT2D eigenvalue weighted by Crippen LogP contribution is -2.04. The van der Waals surface area contributed by atoms with E-state index in [9.17, 15) is 8.42 Å². The van der Waals surface area contributed by atoms with Gasteiger partial charge in [0.2, 0.25) is 0 Å². The van der Waals surface area contributed by atoms with E-state index in [1.807, 2.05) is 13.0 Å². The predicted molar refractivity (Wildman–Crippen MR) is 71.9 cm³/mol. The summed E-state index contributed by atoms with van der Waals surface area (Å²) in [5.41, 5.74) is 0.555. The second-order valence-corrected chi connectivity index (χ2v) is 8.01. The van der Waals surface area contributed by atoms with Gasteiger partial charge in [-0.1, -0.05) is 0 Å². The fraction of sp³-hybridized carbons (Fsp3) is 0.182. The Labute approximate surface area is 113 Å². The number of pyridine rings is 1. The van der Waals surface area contributed by atoms with Crippen LogP contribution in [-0.2, 0) is 15.6 Å². The van der Waals surface area contributed by atoms with Crippen molar-refractivity contribution in [2.75, 3.05) is 0 Å². The largest absolute Gasteiger partial charge is 0.259 e. The molecular weight excluding hydrogens is 322 g/mol. The minimum Gasteiger partial charge on any atom is -0.259 e. The minimum atomic E-state index is -3.26. The third kappa shape index (κ3) is 3.14. The maximum Gasteiger partial charge on any atom is 0.193 e. The molecule has 90 valence electrons. The Kier molecular flexibility index (Phi) is 3.65. The first kappa shape index (κ1) is 12.7. The first-order valence-electron chi connectivity index (χ1n) is 4.87. The third-order valence-corrected chi connectivity index (χ3v) is 5.85. The van der Waals surface area contributed by atoms with Gasteiger partial charge in [-0.25, -0.2) is 8.42 Å². The van der Waals surface area contributed by atoms with Crippen LogP contribution >= 0.6 is 27.3 Å². The molecule has 0 unspecified atom stereocenters. The van der Waals surface area contributed by atoms with Crippen molar-refractivity contribution in [1.82, 2.24) is 4.98 Å². The quantitative estimate of drug-likeness (QED) is 0.867. The van der Waals surface area contributed by atoms with E-state index in [2.05, 4.69) is 20.9 Å². The molecule has 2 rings (SSSR count). The summed E-state index contributed by atoms with van der Waals surface area (Å²) in [4.78, 5) is 5.07. The molecule has 0 N–H and O–H groups in total. The third-order valence-electron chi connectivity index (χ3n) is 2.15. The monoisotopic (exact) mass is 331 g/mol. The van der Waals surface area contributed by atoms with Crippen LogP contribution in [0.3, 0.4) is 0 Å². The lowest BCUT2D eigenvalue weighted by molar-refractivity contribution is 0.596. The van der Waals surface area contributed by atoms with Crippen LogP contribution in [0, 0.1) is 6.92 Å². The predicted octanol–water partition coefficient (Wildman–Crippen LogP) is 3.19. The van der Waals surface area contributed by atoms with Crippen LogP contribution in [0.4, 0.5) is 0 Å². The highest BCUT2D eigenvalue weighted by molar-refractivity contribution is 9.10. The number of aromatic nitrogens is 1. The number of hydrogen-bond acceptors (Lipinski definition) is 4. The van der Waals surface area contributed by atoms with Crippen LogP contribution in [0.2, 0.25) is 0 Å². The first-order valence-corrected chi connectivity index (χ1v) is 8.13. The molecule has 0 atom stereocenters. The molecule has 0 aliphatic carbocycles. The normalized spacial score (nSPS) is 11.6. The number of rotatable bonds is 3. The van der Waals surface area contributed by atoms with Gasteiger partial charge in [-0.05, 0) is 47.1 Å². The Balaban J connectivity index is 2.26. The lowest BCUT2D eigenvalue weighted by Gasteiger charge is -2.01. The van der Waals surface area contributed by atoms with Gasteiger partial charge in [0.15, 0.2) is 9.84 Å². The molecule has 0 aromatic carbocycles. The summed E-state index contributed by atoms with van der Waals surface area (Å²) in [5.74, 6) is -0.0553. The molecule has 2 aromatic heterocycles. The Morgan fingerprint density at radius 2 is 2.06 bits per heavy atom. The van der Waals surface area contributed by atoms with E-state index in [0.717, 1.165) is 9.35 Å². The van der Waals surface area contributed by atoms with Gasteiger partial charge in [-0.15, -0.1) is 11.3 Å². The molecule has 0 aliphatic heterocycles. The summed E-state index contributed by atoms with van der Waals surface area (Å²) >= 11 is 4.56. The number of aryl methyl sites for hydroxylation is 1. The Hall–Kier alpha value is -0.720. The van der Waals surface area contributed by atoms with Gasteiger partial charge < -0.3 is 0 Å². The second kappa shape index (κ2) is 4.88. The van der Waals surface area contributed by atoms with Gasteiger partial charge in [-0.2, -0.15) is 0 Å². The van der Waals surface area contributed by atoms with Crippen molar-refractivity contribution in [3.05, 3.63) is 45.5 Å². The Morgan fingerprint density at radius 1 is 1.29 bits per heavy atom. The Morgan fingerprint density at radius 3 is 2.59 bits per heavy atom. The average molecular weight is 332 g/mol. The highest BCUT2D eigenvalue weighted by atomic mass is 79.9. The van der Waals surface area contributed by atoms with E-state index in [1.165, 1.54) is 11.3 Å². The summed E-state index contributed by atoms with van der Waals surface area (Å²) in [6.07, 6.45) is 1.60. The number of nitrogens with zero attached hydrogens (tertiary/aromatic N) is 1. The summed E-state index contributed by atoms with van der Waals surface area (Å²) < 4.78 is 25.4. The molecule has 0 saturated carbocycles. The SMILES string of the molecule is Cc1ccc(S(=O)(=O)Cc2ccc(Br)cn2)s1. The molecule has 0 aliphatic rings. The van der Waals surface area contributed by atoms with Crippen LogP contribution in [0.1, 0.15) is 10.6 Å². The zero-order chi connectivity index (χ0) is 12.5. The summed E-state index contributed by atoms with van der Waals surface area (Å²) in [5, 5.41) is 0. The van der Waals surface area contributed by atoms with Gasteiger partial charge in [0.25, 0.3) is 0 Å². The van der Waals surface area contributed by atoms with Crippen molar-refractivity contribution < 1.29 is 8.42 Å². The van der Waals surface area contributed by atoms with Crippen LogP contribution in [0.5, 0.6) is 0 Å². The molecular formula is C11H10BrNO2S2. The molecule has 2 heterocycles. The number of halogens is 1. The van der Waals surface area contributed by atoms with Crippen molar-refractivity contribution in [3.8, 4) is 0 Å². The number of sulfone groups is 1. The van der Waals surface area contributed by atoms with Gasteiger partial charge in [0.1, 0.15) is 4.21 Å². The highest BCUT2D eigenvalue weighted by Gasteiger charge is 2.17. The topological polar surface area (TPSA) is 47.0 Å². The number of hydrogen-bond donors (Lipinski definition) is 0. The van der Waals surface area contributed by atoms with E-state index in [1.54, 1.807) is 24.4 Å². The molecule has 0 saturated heterocycles. The highest BCUT2D eigenvalue weighted by Crippen LogP contribution is 2.24. The smallest absolute Gasteiger partial charge is 0.193 e. The van der Waals surface area contributed by atoms with Crippen molar-refractivity contribution in [1.29, 1.82) is 0 Å². The zero-order valence-corrected chi connectivity index (χ0v) is 12.3. The van der Waals surface area contributed by atoms with Gasteiger partial charge in [-0.3, -0.25) is 4.98 Å². The fourth-order valence-corrected chi connectivity index (χ4v) is 4.22. The fourth-order valence-electron chi connectivity index (χ4n) is 1.34. The maximum absolute atomic E-state index is 12.1. The van der Waals surface area contributed by atoms with E-state index in [4.69, 9.17) is 0 Å². The summed E-state index contributed by atoms with van der Waals surface area (Å²) in [6, 6.07) is 6.96. The number of thiophene rings is 1. The van der Waals surface area contributed by atoms with Crippen LogP contribution < -0.4 is 0 Å². The first-order chi connectivity index (χ1) is 7.97. The van der Waals surface area contributed by atoms with Crippen LogP contribution in [-0.4, -0.2) is 13.4 Å². The molecule has 0 spiro atoms. The van der Waals surface area contributed by atoms with E-state index in [-0.39, 0.29) is 5.75 Å². The summed E-state index contributed by atoms with van der Waals surface area (Å²) in [7, 11) is -3.26. The summed E-state index contributed by atoms with van der Waals surface area (Å²) in [6.45, 7) is 1.89. The van der Waals surface area contributed by atoms with Gasteiger partial charge in [0.05, 0.1) is 11.4 Å².